The Labute approximate surface area is 191 Å². The van der Waals surface area contributed by atoms with Gasteiger partial charge in [0.05, 0.1) is 10.6 Å². The smallest absolute Gasteiger partial charge is 0.683 e. The number of rotatable bonds is 2. The minimum atomic E-state index is -4.56. The minimum Gasteiger partial charge on any atom is -0.683 e. The molecule has 0 fully saturated rings. The van der Waals surface area contributed by atoms with E-state index in [1.807, 2.05) is 0 Å². The van der Waals surface area contributed by atoms with Gasteiger partial charge < -0.3 is 29.4 Å². The molecule has 2 rings (SSSR count). The summed E-state index contributed by atoms with van der Waals surface area (Å²) >= 11 is 0. The molecular weight excluding hydrogens is 526 g/mol. The fraction of sp³-hybridized carbons (Fsp3) is 0.125. The van der Waals surface area contributed by atoms with Gasteiger partial charge in [-0.2, -0.15) is 0 Å². The van der Waals surface area contributed by atoms with Crippen molar-refractivity contribution < 1.29 is 78.8 Å². The molecule has 156 valence electrons. The van der Waals surface area contributed by atoms with Crippen LogP contribution < -0.4 is 40.0 Å². The van der Waals surface area contributed by atoms with Crippen molar-refractivity contribution in [1.82, 2.24) is 0 Å². The number of hydrogen-bond acceptors (Lipinski definition) is 6. The second kappa shape index (κ2) is 16.1. The SMILES string of the molecule is C=C.Cc1ccccc1[P+]([O-])([O-])[O-].Cc1ccccc1[P+]([O-])([O-])[O-].[Ni+2].[Ni+2].[Ni+2]. The van der Waals surface area contributed by atoms with E-state index in [1.54, 1.807) is 38.1 Å². The maximum absolute atomic E-state index is 10.5. The van der Waals surface area contributed by atoms with Gasteiger partial charge in [0.1, 0.15) is 0 Å². The van der Waals surface area contributed by atoms with Crippen molar-refractivity contribution in [2.24, 2.45) is 0 Å². The van der Waals surface area contributed by atoms with E-state index in [2.05, 4.69) is 13.2 Å². The van der Waals surface area contributed by atoms with Gasteiger partial charge >= 0.3 is 49.5 Å². The van der Waals surface area contributed by atoms with E-state index >= 15 is 0 Å². The normalized spacial score (nSPS) is 9.63. The first-order valence-electron chi connectivity index (χ1n) is 6.70. The van der Waals surface area contributed by atoms with Gasteiger partial charge in [0, 0.05) is 0 Å². The Morgan fingerprint density at radius 2 is 0.778 bits per heavy atom. The predicted octanol–water partition coefficient (Wildman–Crippen LogP) is -2.28. The second-order valence-electron chi connectivity index (χ2n) is 4.57. The first-order chi connectivity index (χ1) is 11.0. The summed E-state index contributed by atoms with van der Waals surface area (Å²) in [6, 6.07) is 12.3. The van der Waals surface area contributed by atoms with Crippen LogP contribution in [0.5, 0.6) is 0 Å². The van der Waals surface area contributed by atoms with E-state index in [0.29, 0.717) is 11.1 Å². The molecule has 0 amide bonds. The van der Waals surface area contributed by atoms with Crippen LogP contribution in [0.15, 0.2) is 61.7 Å². The van der Waals surface area contributed by atoms with Crippen LogP contribution in [0.1, 0.15) is 11.1 Å². The maximum atomic E-state index is 10.5. The van der Waals surface area contributed by atoms with Crippen molar-refractivity contribution in [3.63, 3.8) is 0 Å². The van der Waals surface area contributed by atoms with Gasteiger partial charge in [-0.05, 0) is 37.1 Å². The molecule has 0 radical (unpaired) electrons. The van der Waals surface area contributed by atoms with Crippen LogP contribution in [-0.2, 0) is 49.5 Å². The summed E-state index contributed by atoms with van der Waals surface area (Å²) in [6.07, 6.45) is 0. The van der Waals surface area contributed by atoms with Crippen LogP contribution in [0.4, 0.5) is 0 Å². The Kier molecular flexibility index (Phi) is 20.8. The van der Waals surface area contributed by atoms with Crippen molar-refractivity contribution in [2.45, 2.75) is 13.8 Å². The molecule has 6 nitrogen and oxygen atoms in total. The van der Waals surface area contributed by atoms with E-state index in [9.17, 15) is 29.4 Å². The van der Waals surface area contributed by atoms with Crippen LogP contribution in [-0.4, -0.2) is 0 Å². The summed E-state index contributed by atoms with van der Waals surface area (Å²) in [5.41, 5.74) is 1.00. The molecule has 0 aliphatic carbocycles. The molecule has 11 heteroatoms. The van der Waals surface area contributed by atoms with Crippen molar-refractivity contribution >= 4 is 26.5 Å². The third kappa shape index (κ3) is 13.2. The van der Waals surface area contributed by atoms with Gasteiger partial charge in [-0.25, -0.2) is 0 Å². The van der Waals surface area contributed by atoms with Gasteiger partial charge in [-0.1, -0.05) is 36.4 Å². The molecule has 0 aromatic heterocycles. The van der Waals surface area contributed by atoms with Crippen LogP contribution in [0.2, 0.25) is 0 Å². The molecule has 0 aliphatic rings. The summed E-state index contributed by atoms with van der Waals surface area (Å²) in [5, 5.41) is -0.222. The monoisotopic (exact) mass is 542 g/mol. The molecule has 0 saturated carbocycles. The Morgan fingerprint density at radius 3 is 0.926 bits per heavy atom. The topological polar surface area (TPSA) is 138 Å². The molecule has 0 unspecified atom stereocenters. The van der Waals surface area contributed by atoms with E-state index in [1.165, 1.54) is 24.3 Å². The summed E-state index contributed by atoms with van der Waals surface area (Å²) < 4.78 is 0. The van der Waals surface area contributed by atoms with Crippen LogP contribution in [0.25, 0.3) is 0 Å². The van der Waals surface area contributed by atoms with Crippen molar-refractivity contribution in [3.05, 3.63) is 72.8 Å². The molecule has 0 saturated heterocycles. The number of aryl methyl sites for hydroxylation is 2. The van der Waals surface area contributed by atoms with Gasteiger partial charge in [0.2, 0.25) is 0 Å². The molecule has 0 atom stereocenters. The maximum Gasteiger partial charge on any atom is 2.00 e. The molecule has 0 aliphatic heterocycles. The third-order valence-corrected chi connectivity index (χ3v) is 5.00. The quantitative estimate of drug-likeness (QED) is 0.237. The fourth-order valence-corrected chi connectivity index (χ4v) is 3.29. The zero-order valence-electron chi connectivity index (χ0n) is 14.3. The zero-order valence-corrected chi connectivity index (χ0v) is 19.1. The van der Waals surface area contributed by atoms with Gasteiger partial charge in [-0.3, -0.25) is 0 Å². The van der Waals surface area contributed by atoms with Crippen LogP contribution in [0.3, 0.4) is 0 Å². The summed E-state index contributed by atoms with van der Waals surface area (Å²) in [7, 11) is -9.11. The zero-order chi connectivity index (χ0) is 19.0. The van der Waals surface area contributed by atoms with Crippen LogP contribution >= 0.6 is 15.9 Å². The van der Waals surface area contributed by atoms with Crippen molar-refractivity contribution in [1.29, 1.82) is 0 Å². The first kappa shape index (κ1) is 34.8. The molecule has 2 aromatic rings. The predicted molar refractivity (Wildman–Crippen MR) is 86.7 cm³/mol. The Bertz CT molecular complexity index is 593. The standard InChI is InChI=1S/2C7H9O3P.C2H4.3Ni/c2*1-6-4-2-3-5-7(6)11(8,9)10;1-2;;;/h2*2-5H,1H3,(H2,8,9,10);1-2H2;;;/q;;;3*+2/p-4. The molecule has 2 aromatic carbocycles. The fourth-order valence-electron chi connectivity index (χ4n) is 1.74. The van der Waals surface area contributed by atoms with E-state index < -0.39 is 15.9 Å². The largest absolute Gasteiger partial charge is 2.00 e. The molecule has 0 bridgehead atoms. The van der Waals surface area contributed by atoms with Crippen LogP contribution in [0, 0.1) is 13.8 Å². The average molecular weight is 544 g/mol. The number of hydrogen-bond donors (Lipinski definition) is 0. The molecule has 0 heterocycles. The van der Waals surface area contributed by atoms with Crippen molar-refractivity contribution in [3.8, 4) is 0 Å². The summed E-state index contributed by atoms with van der Waals surface area (Å²) in [5.74, 6) is 0. The Hall–Kier alpha value is 0.281. The van der Waals surface area contributed by atoms with E-state index in [4.69, 9.17) is 0 Å². The molecule has 0 spiro atoms. The Balaban J connectivity index is -0.000000163. The minimum absolute atomic E-state index is 0. The first-order valence-corrected chi connectivity index (χ1v) is 9.78. The molecule has 0 N–H and O–H groups in total. The Morgan fingerprint density at radius 1 is 0.556 bits per heavy atom. The summed E-state index contributed by atoms with van der Waals surface area (Å²) in [6.45, 7) is 9.19. The van der Waals surface area contributed by atoms with Gasteiger partial charge in [0.15, 0.2) is 0 Å². The average Bonchev–Trinajstić information content (AvgIpc) is 2.48. The third-order valence-electron chi connectivity index (χ3n) is 2.82. The van der Waals surface area contributed by atoms with Gasteiger partial charge in [-0.15, -0.1) is 29.0 Å². The van der Waals surface area contributed by atoms with E-state index in [0.717, 1.165) is 0 Å². The van der Waals surface area contributed by atoms with E-state index in [-0.39, 0.29) is 60.1 Å². The molecule has 27 heavy (non-hydrogen) atoms. The summed E-state index contributed by atoms with van der Waals surface area (Å²) in [4.78, 5) is 63.2. The van der Waals surface area contributed by atoms with Gasteiger partial charge in [0.25, 0.3) is 0 Å². The molecular formula is C16H18Ni3O6P2+2. The second-order valence-corrected chi connectivity index (χ2v) is 7.52. The number of benzene rings is 2. The van der Waals surface area contributed by atoms with Crippen molar-refractivity contribution in [2.75, 3.05) is 0 Å².